The highest BCUT2D eigenvalue weighted by molar-refractivity contribution is 7.80. The Morgan fingerprint density at radius 1 is 1.63 bits per heavy atom. The van der Waals surface area contributed by atoms with E-state index in [0.717, 1.165) is 0 Å². The fourth-order valence-corrected chi connectivity index (χ4v) is 1.30. The lowest BCUT2D eigenvalue weighted by atomic mass is 10.2. The number of ether oxygens (including phenoxy) is 1. The number of phenolic OH excluding ortho intramolecular Hbond substituents is 1. The average molecular weight is 285 g/mol. The van der Waals surface area contributed by atoms with Crippen LogP contribution in [0.1, 0.15) is 5.56 Å². The Morgan fingerprint density at radius 3 is 2.84 bits per heavy atom. The third-order valence-electron chi connectivity index (χ3n) is 2.15. The molecule has 0 aliphatic carbocycles. The molecule has 0 bridgehead atoms. The molecule has 4 N–H and O–H groups in total. The Hall–Kier alpha value is -2.42. The Bertz CT molecular complexity index is 533. The minimum Gasteiger partial charge on any atom is -0.500 e. The maximum absolute atomic E-state index is 10.8. The quantitative estimate of drug-likeness (QED) is 0.238. The lowest BCUT2D eigenvalue weighted by Crippen LogP contribution is -2.82. The van der Waals surface area contributed by atoms with Gasteiger partial charge in [-0.2, -0.15) is 0 Å². The van der Waals surface area contributed by atoms with Gasteiger partial charge < -0.3 is 15.2 Å². The molecule has 0 atom stereocenters. The van der Waals surface area contributed by atoms with Crippen molar-refractivity contribution in [2.45, 2.75) is 0 Å². The van der Waals surface area contributed by atoms with Crippen LogP contribution in [0.5, 0.6) is 11.5 Å². The maximum atomic E-state index is 10.8. The molecule has 0 fully saturated rings. The van der Waals surface area contributed by atoms with Crippen molar-refractivity contribution in [1.29, 1.82) is 0 Å². The second-order valence-electron chi connectivity index (χ2n) is 3.34. The number of nitrogens with one attached hydrogen (secondary N) is 3. The molecule has 8 nitrogen and oxygen atoms in total. The first-order chi connectivity index (χ1) is 8.99. The Balaban J connectivity index is 3.05. The number of hydrogen-bond acceptors (Lipinski definition) is 5. The molecule has 102 valence electrons. The van der Waals surface area contributed by atoms with Gasteiger partial charge in [-0.15, -0.1) is 10.5 Å². The van der Waals surface area contributed by atoms with Gasteiger partial charge in [-0.05, 0) is 18.3 Å². The molecule has 1 aromatic rings. The minimum absolute atomic E-state index is 0.0124. The van der Waals surface area contributed by atoms with E-state index in [0.29, 0.717) is 10.7 Å². The molecular weight excluding hydrogens is 272 g/mol. The summed E-state index contributed by atoms with van der Waals surface area (Å²) in [5.74, 6) is -0.498. The molecule has 0 saturated carbocycles. The van der Waals surface area contributed by atoms with Crippen LogP contribution in [-0.4, -0.2) is 35.5 Å². The summed E-state index contributed by atoms with van der Waals surface area (Å²) in [6.45, 7) is 0. The van der Waals surface area contributed by atoms with Crippen molar-refractivity contribution in [3.63, 3.8) is 0 Å². The summed E-state index contributed by atoms with van der Waals surface area (Å²) in [5.41, 5.74) is 2.62. The molecule has 0 heterocycles. The van der Waals surface area contributed by atoms with E-state index >= 15 is 0 Å². The molecule has 0 amide bonds. The number of thiocarbonyl (C=S) groups is 1. The molecule has 0 aromatic heterocycles. The zero-order valence-corrected chi connectivity index (χ0v) is 11.1. The van der Waals surface area contributed by atoms with Crippen molar-refractivity contribution in [2.75, 3.05) is 14.2 Å². The topological polar surface area (TPSA) is 111 Å². The van der Waals surface area contributed by atoms with Crippen LogP contribution in [0.2, 0.25) is 0 Å². The Labute approximate surface area is 114 Å². The number of benzene rings is 1. The maximum Gasteiger partial charge on any atom is 0.315 e. The first-order valence-electron chi connectivity index (χ1n) is 5.11. The number of hydrogen-bond donors (Lipinski definition) is 4. The van der Waals surface area contributed by atoms with Gasteiger partial charge in [0.25, 0.3) is 0 Å². The second-order valence-corrected chi connectivity index (χ2v) is 3.75. The van der Waals surface area contributed by atoms with Crippen molar-refractivity contribution in [1.82, 2.24) is 10.7 Å². The van der Waals surface area contributed by atoms with Gasteiger partial charge in [0.05, 0.1) is 17.6 Å². The van der Waals surface area contributed by atoms with Crippen molar-refractivity contribution in [2.24, 2.45) is 0 Å². The highest BCUT2D eigenvalue weighted by Crippen LogP contribution is 2.36. The molecule has 0 aliphatic rings. The molecule has 1 rings (SSSR count). The molecular formula is C10H13N4O4S+. The van der Waals surface area contributed by atoms with Gasteiger partial charge in [-0.25, -0.2) is 0 Å². The standard InChI is InChI=1S/C10H12N4O4S/c1-11-10(19)13-12-5-6-3-7(14(16)17)9(15)8(4-6)18-2/h3-5,15H,1-2H3,(H2,11,13,19)/p+1/b12-5+. The van der Waals surface area contributed by atoms with Crippen molar-refractivity contribution >= 4 is 29.2 Å². The smallest absolute Gasteiger partial charge is 0.315 e. The van der Waals surface area contributed by atoms with E-state index < -0.39 is 16.4 Å². The summed E-state index contributed by atoms with van der Waals surface area (Å²) < 4.78 is 4.86. The van der Waals surface area contributed by atoms with Gasteiger partial charge in [0.1, 0.15) is 0 Å². The second kappa shape index (κ2) is 6.50. The molecule has 0 radical (unpaired) electrons. The number of hydrazone groups is 1. The van der Waals surface area contributed by atoms with Crippen LogP contribution in [-0.2, 0) is 0 Å². The van der Waals surface area contributed by atoms with Crippen LogP contribution < -0.4 is 20.6 Å². The van der Waals surface area contributed by atoms with E-state index in [1.54, 1.807) is 7.05 Å². The normalized spacial score (nSPS) is 10.2. The summed E-state index contributed by atoms with van der Waals surface area (Å²) in [6.07, 6.45) is 1.44. The molecule has 0 spiro atoms. The summed E-state index contributed by atoms with van der Waals surface area (Å²) in [5, 5.41) is 26.1. The predicted molar refractivity (Wildman–Crippen MR) is 72.2 cm³/mol. The minimum atomic E-state index is -0.694. The lowest BCUT2D eigenvalue weighted by Gasteiger charge is -2.04. The molecule has 19 heavy (non-hydrogen) atoms. The number of nitro benzene ring substituents is 1. The molecule has 9 heteroatoms. The lowest BCUT2D eigenvalue weighted by molar-refractivity contribution is -0.500. The fraction of sp³-hybridized carbons (Fsp3) is 0.200. The Morgan fingerprint density at radius 2 is 2.32 bits per heavy atom. The summed E-state index contributed by atoms with van der Waals surface area (Å²) >= 11 is 4.83. The van der Waals surface area contributed by atoms with Gasteiger partial charge >= 0.3 is 5.69 Å². The number of hydrazine groups is 1. The molecule has 0 unspecified atom stereocenters. The van der Waals surface area contributed by atoms with E-state index in [4.69, 9.17) is 17.0 Å². The number of nitro groups is 1. The third kappa shape index (κ3) is 3.78. The highest BCUT2D eigenvalue weighted by atomic mass is 32.1. The molecule has 1 aromatic carbocycles. The summed E-state index contributed by atoms with van der Waals surface area (Å²) in [4.78, 5) is 10.1. The fourth-order valence-electron chi connectivity index (χ4n) is 1.24. The number of methoxy groups -OCH3 is 1. The summed E-state index contributed by atoms with van der Waals surface area (Å²) in [7, 11) is 2.95. The van der Waals surface area contributed by atoms with Gasteiger partial charge in [0.2, 0.25) is 10.9 Å². The monoisotopic (exact) mass is 285 g/mol. The van der Waals surface area contributed by atoms with Crippen LogP contribution in [0, 0.1) is 10.1 Å². The molecule has 0 saturated heterocycles. The van der Waals surface area contributed by atoms with Gasteiger partial charge in [-0.1, -0.05) is 0 Å². The number of phenols is 1. The number of aromatic hydroxyl groups is 1. The van der Waals surface area contributed by atoms with Gasteiger partial charge in [0, 0.05) is 13.1 Å². The van der Waals surface area contributed by atoms with Crippen LogP contribution >= 0.6 is 12.2 Å². The van der Waals surface area contributed by atoms with Crippen molar-refractivity contribution in [3.05, 3.63) is 27.8 Å². The SMILES string of the molecule is CNC(=S)N/[NH+]=C/c1cc(OC)c(O)c([N+](=O)[O-])c1. The van der Waals surface area contributed by atoms with E-state index in [9.17, 15) is 15.2 Å². The van der Waals surface area contributed by atoms with Crippen LogP contribution in [0.3, 0.4) is 0 Å². The van der Waals surface area contributed by atoms with Gasteiger partial charge in [-0.3, -0.25) is 10.1 Å². The third-order valence-corrected chi connectivity index (χ3v) is 2.45. The number of rotatable bonds is 4. The highest BCUT2D eigenvalue weighted by Gasteiger charge is 2.19. The van der Waals surface area contributed by atoms with E-state index in [1.165, 1.54) is 25.5 Å². The number of nitrogens with zero attached hydrogens (tertiary/aromatic N) is 1. The van der Waals surface area contributed by atoms with Gasteiger partial charge in [0.15, 0.2) is 12.0 Å². The largest absolute Gasteiger partial charge is 0.500 e. The first-order valence-corrected chi connectivity index (χ1v) is 5.52. The first kappa shape index (κ1) is 14.6. The Kier molecular flexibility index (Phi) is 5.01. The van der Waals surface area contributed by atoms with E-state index in [1.807, 2.05) is 0 Å². The predicted octanol–water partition coefficient (Wildman–Crippen LogP) is -1.18. The molecule has 0 aliphatic heterocycles. The summed E-state index contributed by atoms with van der Waals surface area (Å²) in [6, 6.07) is 2.65. The average Bonchev–Trinajstić information content (AvgIpc) is 2.39. The van der Waals surface area contributed by atoms with Crippen molar-refractivity contribution in [3.8, 4) is 11.5 Å². The van der Waals surface area contributed by atoms with Crippen LogP contribution in [0.15, 0.2) is 12.1 Å². The van der Waals surface area contributed by atoms with E-state index in [-0.39, 0.29) is 5.75 Å². The zero-order chi connectivity index (χ0) is 14.4. The van der Waals surface area contributed by atoms with E-state index in [2.05, 4.69) is 15.8 Å². The van der Waals surface area contributed by atoms with Crippen LogP contribution in [0.4, 0.5) is 5.69 Å². The van der Waals surface area contributed by atoms with Crippen molar-refractivity contribution < 1.29 is 19.9 Å². The zero-order valence-electron chi connectivity index (χ0n) is 10.3. The van der Waals surface area contributed by atoms with Crippen LogP contribution in [0.25, 0.3) is 0 Å².